The third kappa shape index (κ3) is 4.53. The minimum Gasteiger partial charge on any atom is -0.478 e. The largest absolute Gasteiger partial charge is 0.478 e. The molecule has 0 aliphatic rings. The summed E-state index contributed by atoms with van der Waals surface area (Å²) in [5.74, 6) is -0.851. The zero-order chi connectivity index (χ0) is 16.8. The lowest BCUT2D eigenvalue weighted by Crippen LogP contribution is -2.26. The molecule has 0 aliphatic heterocycles. The van der Waals surface area contributed by atoms with Crippen LogP contribution >= 0.6 is 0 Å². The zero-order valence-corrected chi connectivity index (χ0v) is 11.8. The van der Waals surface area contributed by atoms with Gasteiger partial charge in [0.1, 0.15) is 5.75 Å². The van der Waals surface area contributed by atoms with Crippen LogP contribution in [0.3, 0.4) is 0 Å². The van der Waals surface area contributed by atoms with E-state index in [2.05, 4.69) is 5.32 Å². The van der Waals surface area contributed by atoms with Gasteiger partial charge in [0, 0.05) is 18.7 Å². The average Bonchev–Trinajstić information content (AvgIpc) is 2.54. The van der Waals surface area contributed by atoms with Crippen molar-refractivity contribution in [1.82, 2.24) is 5.32 Å². The van der Waals surface area contributed by atoms with Gasteiger partial charge in [-0.3, -0.25) is 10.1 Å². The van der Waals surface area contributed by atoms with Gasteiger partial charge in [0.25, 0.3) is 5.69 Å². The van der Waals surface area contributed by atoms with Crippen molar-refractivity contribution in [2.75, 3.05) is 0 Å². The number of nitro groups is 1. The number of amides is 1. The van der Waals surface area contributed by atoms with Gasteiger partial charge in [0.05, 0.1) is 10.5 Å². The van der Waals surface area contributed by atoms with Crippen LogP contribution in [0.25, 0.3) is 0 Å². The van der Waals surface area contributed by atoms with E-state index in [0.717, 1.165) is 0 Å². The molecule has 0 unspecified atom stereocenters. The van der Waals surface area contributed by atoms with Gasteiger partial charge in [-0.25, -0.2) is 9.59 Å². The van der Waals surface area contributed by atoms with Crippen molar-refractivity contribution in [3.8, 4) is 5.75 Å². The van der Waals surface area contributed by atoms with Crippen LogP contribution in [0.4, 0.5) is 10.5 Å². The zero-order valence-electron chi connectivity index (χ0n) is 11.8. The fraction of sp³-hybridized carbons (Fsp3) is 0.0667. The van der Waals surface area contributed by atoms with Gasteiger partial charge in [-0.1, -0.05) is 12.1 Å². The van der Waals surface area contributed by atoms with Gasteiger partial charge >= 0.3 is 12.1 Å². The average molecular weight is 316 g/mol. The number of nitro benzene ring substituents is 1. The van der Waals surface area contributed by atoms with E-state index < -0.39 is 17.0 Å². The lowest BCUT2D eigenvalue weighted by Gasteiger charge is -2.07. The predicted molar refractivity (Wildman–Crippen MR) is 79.4 cm³/mol. The molecule has 0 aromatic heterocycles. The van der Waals surface area contributed by atoms with Crippen LogP contribution in [0.2, 0.25) is 0 Å². The number of hydrogen-bond donors (Lipinski definition) is 2. The Morgan fingerprint density at radius 3 is 2.22 bits per heavy atom. The van der Waals surface area contributed by atoms with Crippen molar-refractivity contribution in [2.45, 2.75) is 6.54 Å². The van der Waals surface area contributed by atoms with E-state index in [1.807, 2.05) is 0 Å². The summed E-state index contributed by atoms with van der Waals surface area (Å²) in [6.45, 7) is 0.158. The van der Waals surface area contributed by atoms with Crippen LogP contribution < -0.4 is 10.1 Å². The molecule has 23 heavy (non-hydrogen) atoms. The molecule has 0 saturated heterocycles. The Bertz CT molecular complexity index is 725. The van der Waals surface area contributed by atoms with Gasteiger partial charge in [-0.2, -0.15) is 0 Å². The van der Waals surface area contributed by atoms with Crippen molar-refractivity contribution in [1.29, 1.82) is 0 Å². The number of nitrogens with zero attached hydrogens (tertiary/aromatic N) is 1. The Labute approximate surface area is 130 Å². The van der Waals surface area contributed by atoms with Crippen molar-refractivity contribution in [3.05, 3.63) is 69.8 Å². The molecule has 2 aromatic rings. The topological polar surface area (TPSA) is 119 Å². The molecule has 8 heteroatoms. The third-order valence-corrected chi connectivity index (χ3v) is 2.90. The van der Waals surface area contributed by atoms with Crippen LogP contribution in [0.5, 0.6) is 5.75 Å². The van der Waals surface area contributed by atoms with Crippen molar-refractivity contribution in [3.63, 3.8) is 0 Å². The molecular formula is C15H12N2O6. The fourth-order valence-electron chi connectivity index (χ4n) is 1.72. The van der Waals surface area contributed by atoms with Gasteiger partial charge in [-0.15, -0.1) is 0 Å². The summed E-state index contributed by atoms with van der Waals surface area (Å²) in [4.78, 5) is 32.3. The molecule has 0 atom stereocenters. The molecule has 118 valence electrons. The lowest BCUT2D eigenvalue weighted by molar-refractivity contribution is -0.384. The molecule has 0 spiro atoms. The summed E-state index contributed by atoms with van der Waals surface area (Å²) in [6, 6.07) is 11.1. The number of hydrogen-bond acceptors (Lipinski definition) is 5. The van der Waals surface area contributed by atoms with Crippen molar-refractivity contribution < 1.29 is 24.4 Å². The second-order valence-electron chi connectivity index (χ2n) is 4.50. The summed E-state index contributed by atoms with van der Waals surface area (Å²) in [6.07, 6.45) is -0.721. The Morgan fingerprint density at radius 2 is 1.70 bits per heavy atom. The van der Waals surface area contributed by atoms with Crippen LogP contribution in [0.15, 0.2) is 48.5 Å². The predicted octanol–water partition coefficient (Wildman–Crippen LogP) is 2.58. The molecule has 0 bridgehead atoms. The van der Waals surface area contributed by atoms with Gasteiger partial charge in [0.2, 0.25) is 0 Å². The molecule has 0 radical (unpaired) electrons. The first-order valence-corrected chi connectivity index (χ1v) is 6.48. The number of nitrogens with one attached hydrogen (secondary N) is 1. The number of carboxylic acid groups (broad SMARTS) is 1. The second-order valence-corrected chi connectivity index (χ2v) is 4.50. The first-order valence-electron chi connectivity index (χ1n) is 6.48. The SMILES string of the molecule is O=C(NCc1ccc(C(=O)O)cc1)Oc1ccc([N+](=O)[O-])cc1. The molecule has 2 rings (SSSR count). The molecule has 1 amide bonds. The maximum absolute atomic E-state index is 11.6. The quantitative estimate of drug-likeness (QED) is 0.646. The second kappa shape index (κ2) is 7.03. The standard InChI is InChI=1S/C15H12N2O6/c18-14(19)11-3-1-10(2-4-11)9-16-15(20)23-13-7-5-12(6-8-13)17(21)22/h1-8H,9H2,(H,16,20)(H,18,19). The van der Waals surface area contributed by atoms with E-state index in [4.69, 9.17) is 9.84 Å². The molecule has 0 heterocycles. The van der Waals surface area contributed by atoms with E-state index in [1.54, 1.807) is 12.1 Å². The van der Waals surface area contributed by atoms with Crippen molar-refractivity contribution in [2.24, 2.45) is 0 Å². The van der Waals surface area contributed by atoms with E-state index in [-0.39, 0.29) is 23.5 Å². The monoisotopic (exact) mass is 316 g/mol. The summed E-state index contributed by atoms with van der Waals surface area (Å²) < 4.78 is 4.97. The highest BCUT2D eigenvalue weighted by atomic mass is 16.6. The molecule has 0 fully saturated rings. The van der Waals surface area contributed by atoms with Crippen LogP contribution in [-0.2, 0) is 6.54 Å². The van der Waals surface area contributed by atoms with Crippen LogP contribution in [0.1, 0.15) is 15.9 Å². The smallest absolute Gasteiger partial charge is 0.412 e. The lowest BCUT2D eigenvalue weighted by atomic mass is 10.1. The van der Waals surface area contributed by atoms with Crippen LogP contribution in [0, 0.1) is 10.1 Å². The first kappa shape index (κ1) is 16.0. The molecule has 2 N–H and O–H groups in total. The maximum Gasteiger partial charge on any atom is 0.412 e. The number of carbonyl (C=O) groups is 2. The van der Waals surface area contributed by atoms with E-state index in [9.17, 15) is 19.7 Å². The highest BCUT2D eigenvalue weighted by Gasteiger charge is 2.08. The molecule has 0 aliphatic carbocycles. The van der Waals surface area contributed by atoms with E-state index in [1.165, 1.54) is 36.4 Å². The number of aromatic carboxylic acids is 1. The Balaban J connectivity index is 1.87. The molecule has 2 aromatic carbocycles. The van der Waals surface area contributed by atoms with E-state index >= 15 is 0 Å². The summed E-state index contributed by atoms with van der Waals surface area (Å²) in [7, 11) is 0. The van der Waals surface area contributed by atoms with Gasteiger partial charge in [0.15, 0.2) is 0 Å². The Morgan fingerprint density at radius 1 is 1.09 bits per heavy atom. The van der Waals surface area contributed by atoms with Gasteiger partial charge < -0.3 is 15.2 Å². The highest BCUT2D eigenvalue weighted by molar-refractivity contribution is 5.87. The molecule has 0 saturated carbocycles. The number of benzene rings is 2. The van der Waals surface area contributed by atoms with Crippen LogP contribution in [-0.4, -0.2) is 22.1 Å². The summed E-state index contributed by atoms with van der Waals surface area (Å²) in [5.41, 5.74) is 0.758. The Hall–Kier alpha value is -3.42. The van der Waals surface area contributed by atoms with E-state index in [0.29, 0.717) is 5.56 Å². The molecule has 8 nitrogen and oxygen atoms in total. The van der Waals surface area contributed by atoms with Crippen molar-refractivity contribution >= 4 is 17.7 Å². The number of rotatable bonds is 5. The number of carbonyl (C=O) groups excluding carboxylic acids is 1. The fourth-order valence-corrected chi connectivity index (χ4v) is 1.72. The number of carboxylic acids is 1. The maximum atomic E-state index is 11.6. The van der Waals surface area contributed by atoms with Gasteiger partial charge in [-0.05, 0) is 29.8 Å². The first-order chi connectivity index (χ1) is 11.0. The highest BCUT2D eigenvalue weighted by Crippen LogP contribution is 2.17. The summed E-state index contributed by atoms with van der Waals surface area (Å²) in [5, 5.41) is 21.8. The molecular weight excluding hydrogens is 304 g/mol. The number of non-ortho nitro benzene ring substituents is 1. The minimum absolute atomic E-state index is 0.101. The summed E-state index contributed by atoms with van der Waals surface area (Å²) >= 11 is 0. The Kier molecular flexibility index (Phi) is 4.88. The third-order valence-electron chi connectivity index (χ3n) is 2.90. The number of ether oxygens (including phenoxy) is 1. The normalized spacial score (nSPS) is 9.91. The minimum atomic E-state index is -1.03.